The van der Waals surface area contributed by atoms with Gasteiger partial charge in [0.1, 0.15) is 28.1 Å². The summed E-state index contributed by atoms with van der Waals surface area (Å²) in [6.07, 6.45) is 3.74. The molecular weight excluding hydrogens is 377 g/mol. The van der Waals surface area contributed by atoms with Gasteiger partial charge in [-0.25, -0.2) is 9.37 Å². The monoisotopic (exact) mass is 405 g/mol. The summed E-state index contributed by atoms with van der Waals surface area (Å²) >= 11 is 1.34. The lowest BCUT2D eigenvalue weighted by Crippen LogP contribution is -2.53. The van der Waals surface area contributed by atoms with Crippen LogP contribution in [0, 0.1) is 12.7 Å². The van der Waals surface area contributed by atoms with Gasteiger partial charge in [0.25, 0.3) is 5.91 Å². The zero-order chi connectivity index (χ0) is 20.1. The van der Waals surface area contributed by atoms with Crippen molar-refractivity contribution in [2.75, 3.05) is 19.6 Å². The molecule has 1 saturated heterocycles. The number of aromatic nitrogens is 1. The molecule has 1 amide bonds. The number of piperidine rings is 1. The van der Waals surface area contributed by atoms with Crippen LogP contribution in [0.25, 0.3) is 0 Å². The first-order chi connectivity index (χ1) is 13.3. The molecule has 152 valence electrons. The Balaban J connectivity index is 1.55. The van der Waals surface area contributed by atoms with E-state index in [1.165, 1.54) is 42.7 Å². The molecule has 1 N–H and O–H groups in total. The van der Waals surface area contributed by atoms with E-state index in [1.54, 1.807) is 12.1 Å². The lowest BCUT2D eigenvalue weighted by atomic mass is 9.98. The van der Waals surface area contributed by atoms with Crippen LogP contribution in [0.1, 0.15) is 53.5 Å². The van der Waals surface area contributed by atoms with Crippen LogP contribution < -0.4 is 10.1 Å². The van der Waals surface area contributed by atoms with Crippen LogP contribution in [-0.2, 0) is 6.61 Å². The molecule has 0 radical (unpaired) electrons. The molecule has 5 nitrogen and oxygen atoms in total. The molecule has 1 aromatic heterocycles. The molecule has 0 bridgehead atoms. The summed E-state index contributed by atoms with van der Waals surface area (Å²) in [6.45, 7) is 9.23. The second kappa shape index (κ2) is 9.01. The Hall–Kier alpha value is -1.99. The Labute approximate surface area is 169 Å². The molecule has 0 aliphatic carbocycles. The predicted molar refractivity (Wildman–Crippen MR) is 109 cm³/mol. The number of aryl methyl sites for hydroxylation is 1. The number of carbonyl (C=O) groups is 1. The summed E-state index contributed by atoms with van der Waals surface area (Å²) in [7, 11) is 0. The molecule has 28 heavy (non-hydrogen) atoms. The third kappa shape index (κ3) is 5.29. The minimum Gasteiger partial charge on any atom is -0.486 e. The maximum atomic E-state index is 13.0. The fourth-order valence-electron chi connectivity index (χ4n) is 3.39. The lowest BCUT2D eigenvalue weighted by molar-refractivity contribution is 0.0799. The van der Waals surface area contributed by atoms with Crippen molar-refractivity contribution in [1.29, 1.82) is 0 Å². The number of likely N-dealkylation sites (tertiary alicyclic amines) is 1. The summed E-state index contributed by atoms with van der Waals surface area (Å²) < 4.78 is 18.6. The maximum Gasteiger partial charge on any atom is 0.263 e. The summed E-state index contributed by atoms with van der Waals surface area (Å²) in [4.78, 5) is 20.2. The average Bonchev–Trinajstić information content (AvgIpc) is 3.07. The SMILES string of the molecule is Cc1nc(COc2ccc(F)cc2)sc1C(=O)NCC(C)(C)N1CCCCC1. The van der Waals surface area contributed by atoms with Crippen molar-refractivity contribution < 1.29 is 13.9 Å². The molecule has 2 aromatic rings. The number of rotatable bonds is 7. The van der Waals surface area contributed by atoms with Gasteiger partial charge in [-0.3, -0.25) is 9.69 Å². The zero-order valence-corrected chi connectivity index (χ0v) is 17.6. The topological polar surface area (TPSA) is 54.5 Å². The van der Waals surface area contributed by atoms with Crippen molar-refractivity contribution in [2.24, 2.45) is 0 Å². The minimum absolute atomic E-state index is 0.0663. The second-order valence-electron chi connectivity index (χ2n) is 7.81. The Morgan fingerprint density at radius 3 is 2.61 bits per heavy atom. The predicted octanol–water partition coefficient (Wildman–Crippen LogP) is 4.16. The van der Waals surface area contributed by atoms with Crippen LogP contribution in [0.5, 0.6) is 5.75 Å². The van der Waals surface area contributed by atoms with Crippen LogP contribution in [0.4, 0.5) is 4.39 Å². The fourth-order valence-corrected chi connectivity index (χ4v) is 4.28. The second-order valence-corrected chi connectivity index (χ2v) is 8.89. The van der Waals surface area contributed by atoms with Crippen molar-refractivity contribution >= 4 is 17.2 Å². The molecule has 1 aliphatic heterocycles. The Kier molecular flexibility index (Phi) is 6.67. The van der Waals surface area contributed by atoms with E-state index in [0.717, 1.165) is 18.1 Å². The van der Waals surface area contributed by atoms with Gasteiger partial charge in [0.2, 0.25) is 0 Å². The van der Waals surface area contributed by atoms with Crippen molar-refractivity contribution in [3.63, 3.8) is 0 Å². The number of benzene rings is 1. The van der Waals surface area contributed by atoms with E-state index in [-0.39, 0.29) is 23.9 Å². The fraction of sp³-hybridized carbons (Fsp3) is 0.524. The Morgan fingerprint density at radius 1 is 1.25 bits per heavy atom. The largest absolute Gasteiger partial charge is 0.486 e. The van der Waals surface area contributed by atoms with E-state index >= 15 is 0 Å². The third-order valence-electron chi connectivity index (χ3n) is 5.12. The molecule has 1 fully saturated rings. The molecule has 1 aromatic carbocycles. The van der Waals surface area contributed by atoms with Crippen molar-refractivity contribution in [1.82, 2.24) is 15.2 Å². The number of hydrogen-bond acceptors (Lipinski definition) is 5. The summed E-state index contributed by atoms with van der Waals surface area (Å²) in [5.74, 6) is 0.181. The van der Waals surface area contributed by atoms with Gasteiger partial charge < -0.3 is 10.1 Å². The molecule has 0 atom stereocenters. The van der Waals surface area contributed by atoms with Crippen LogP contribution in [0.2, 0.25) is 0 Å². The number of halogens is 1. The standard InChI is InChI=1S/C21H28FN3O2S/c1-15-19(20(26)23-14-21(2,3)25-11-5-4-6-12-25)28-18(24-15)13-27-17-9-7-16(22)8-10-17/h7-10H,4-6,11-14H2,1-3H3,(H,23,26). The molecule has 1 aliphatic rings. The smallest absolute Gasteiger partial charge is 0.263 e. The van der Waals surface area contributed by atoms with Gasteiger partial charge in [0.15, 0.2) is 0 Å². The molecule has 3 rings (SSSR count). The minimum atomic E-state index is -0.302. The van der Waals surface area contributed by atoms with Gasteiger partial charge in [-0.1, -0.05) is 6.42 Å². The van der Waals surface area contributed by atoms with Crippen LogP contribution in [0.3, 0.4) is 0 Å². The number of nitrogens with zero attached hydrogens (tertiary/aromatic N) is 2. The molecule has 0 saturated carbocycles. The maximum absolute atomic E-state index is 13.0. The van der Waals surface area contributed by atoms with Crippen molar-refractivity contribution in [3.8, 4) is 5.75 Å². The average molecular weight is 406 g/mol. The van der Waals surface area contributed by atoms with E-state index in [1.807, 2.05) is 6.92 Å². The van der Waals surface area contributed by atoms with Gasteiger partial charge in [0, 0.05) is 12.1 Å². The van der Waals surface area contributed by atoms with Gasteiger partial charge in [-0.2, -0.15) is 0 Å². The number of thiazole rings is 1. The van der Waals surface area contributed by atoms with E-state index < -0.39 is 0 Å². The highest BCUT2D eigenvalue weighted by Crippen LogP contribution is 2.22. The van der Waals surface area contributed by atoms with E-state index in [4.69, 9.17) is 4.74 Å². The van der Waals surface area contributed by atoms with E-state index in [2.05, 4.69) is 29.0 Å². The van der Waals surface area contributed by atoms with Crippen LogP contribution in [0.15, 0.2) is 24.3 Å². The zero-order valence-electron chi connectivity index (χ0n) is 16.8. The number of hydrogen-bond donors (Lipinski definition) is 1. The normalized spacial score (nSPS) is 15.4. The Bertz CT molecular complexity index is 798. The Morgan fingerprint density at radius 2 is 1.93 bits per heavy atom. The van der Waals surface area contributed by atoms with Gasteiger partial charge >= 0.3 is 0 Å². The number of nitrogens with one attached hydrogen (secondary N) is 1. The molecular formula is C21H28FN3O2S. The quantitative estimate of drug-likeness (QED) is 0.751. The summed E-state index contributed by atoms with van der Waals surface area (Å²) in [5, 5.41) is 3.80. The van der Waals surface area contributed by atoms with Gasteiger partial charge in [-0.15, -0.1) is 11.3 Å². The van der Waals surface area contributed by atoms with E-state index in [0.29, 0.717) is 22.9 Å². The molecule has 7 heteroatoms. The van der Waals surface area contributed by atoms with E-state index in [9.17, 15) is 9.18 Å². The molecule has 2 heterocycles. The lowest BCUT2D eigenvalue weighted by Gasteiger charge is -2.41. The molecule has 0 spiro atoms. The third-order valence-corrected chi connectivity index (χ3v) is 6.25. The number of ether oxygens (including phenoxy) is 1. The van der Waals surface area contributed by atoms with Crippen LogP contribution in [-0.4, -0.2) is 41.0 Å². The highest BCUT2D eigenvalue weighted by molar-refractivity contribution is 7.13. The number of amides is 1. The van der Waals surface area contributed by atoms with Gasteiger partial charge in [0.05, 0.1) is 5.69 Å². The summed E-state index contributed by atoms with van der Waals surface area (Å²) in [6, 6.07) is 5.86. The van der Waals surface area contributed by atoms with Crippen LogP contribution >= 0.6 is 11.3 Å². The first-order valence-electron chi connectivity index (χ1n) is 9.73. The highest BCUT2D eigenvalue weighted by Gasteiger charge is 2.29. The summed E-state index contributed by atoms with van der Waals surface area (Å²) in [5.41, 5.74) is 0.638. The van der Waals surface area contributed by atoms with Crippen molar-refractivity contribution in [2.45, 2.75) is 52.2 Å². The number of carbonyl (C=O) groups excluding carboxylic acids is 1. The first-order valence-corrected chi connectivity index (χ1v) is 10.5. The highest BCUT2D eigenvalue weighted by atomic mass is 32.1. The van der Waals surface area contributed by atoms with Gasteiger partial charge in [-0.05, 0) is 71.0 Å². The first kappa shape index (κ1) is 20.7. The van der Waals surface area contributed by atoms with Crippen molar-refractivity contribution in [3.05, 3.63) is 45.7 Å². The molecule has 0 unspecified atom stereocenters.